The fourth-order valence-corrected chi connectivity index (χ4v) is 4.23. The van der Waals surface area contributed by atoms with Crippen LogP contribution in [0.5, 0.6) is 0 Å². The summed E-state index contributed by atoms with van der Waals surface area (Å²) in [5.41, 5.74) is 1.37. The standard InChI is InChI=1S/C24H23F2N5O3/c1-13-7-17(14(2)29-19-6-4-3-5-16(19)23(33)34)21-30-20(18(10-27)22(32)31(21)12-13)28-11-15-8-24(25,26)9-15/h3-7,12,14-15,28-29H,8-9,11H2,1-2H3,(H,33,34)/t14-/m1/s1. The molecule has 1 fully saturated rings. The van der Waals surface area contributed by atoms with E-state index in [0.29, 0.717) is 11.3 Å². The molecule has 3 aromatic rings. The molecule has 0 amide bonds. The second-order valence-electron chi connectivity index (χ2n) is 8.65. The van der Waals surface area contributed by atoms with Gasteiger partial charge < -0.3 is 15.7 Å². The molecule has 2 aromatic heterocycles. The number of pyridine rings is 1. The second-order valence-corrected chi connectivity index (χ2v) is 8.65. The zero-order valence-corrected chi connectivity index (χ0v) is 18.6. The fraction of sp³-hybridized carbons (Fsp3) is 0.333. The van der Waals surface area contributed by atoms with Crippen molar-refractivity contribution in [3.05, 3.63) is 69.1 Å². The van der Waals surface area contributed by atoms with Crippen molar-refractivity contribution in [1.29, 1.82) is 5.26 Å². The minimum atomic E-state index is -2.67. The molecule has 1 aromatic carbocycles. The molecule has 4 rings (SSSR count). The van der Waals surface area contributed by atoms with Crippen LogP contribution in [0.4, 0.5) is 20.3 Å². The molecular formula is C24H23F2N5O3. The number of anilines is 2. The number of fused-ring (bicyclic) bond motifs is 1. The summed E-state index contributed by atoms with van der Waals surface area (Å²) < 4.78 is 27.6. The summed E-state index contributed by atoms with van der Waals surface area (Å²) in [4.78, 5) is 29.2. The third-order valence-corrected chi connectivity index (χ3v) is 5.93. The number of carboxylic acids is 1. The number of aromatic nitrogens is 2. The molecule has 3 N–H and O–H groups in total. The highest BCUT2D eigenvalue weighted by atomic mass is 19.3. The van der Waals surface area contributed by atoms with Gasteiger partial charge in [-0.1, -0.05) is 12.1 Å². The van der Waals surface area contributed by atoms with E-state index in [0.717, 1.165) is 5.56 Å². The lowest BCUT2D eigenvalue weighted by atomic mass is 9.81. The normalized spacial score (nSPS) is 15.9. The van der Waals surface area contributed by atoms with Gasteiger partial charge >= 0.3 is 5.97 Å². The molecule has 0 saturated heterocycles. The SMILES string of the molecule is Cc1cc([C@@H](C)Nc2ccccc2C(=O)O)c2nc(NCC3CC(F)(F)C3)c(C#N)c(=O)n2c1. The molecule has 0 spiro atoms. The summed E-state index contributed by atoms with van der Waals surface area (Å²) in [6.07, 6.45) is 1.08. The molecule has 2 heterocycles. The first-order chi connectivity index (χ1) is 16.1. The van der Waals surface area contributed by atoms with E-state index in [4.69, 9.17) is 0 Å². The Morgan fingerprint density at radius 1 is 1.38 bits per heavy atom. The van der Waals surface area contributed by atoms with Crippen molar-refractivity contribution in [2.45, 2.75) is 38.7 Å². The van der Waals surface area contributed by atoms with Gasteiger partial charge in [-0.2, -0.15) is 5.26 Å². The number of nitriles is 1. The molecule has 0 bridgehead atoms. The maximum atomic E-state index is 13.2. The van der Waals surface area contributed by atoms with E-state index in [1.165, 1.54) is 10.5 Å². The predicted octanol–water partition coefficient (Wildman–Crippen LogP) is 4.20. The first-order valence-corrected chi connectivity index (χ1v) is 10.8. The highest BCUT2D eigenvalue weighted by molar-refractivity contribution is 5.94. The zero-order chi connectivity index (χ0) is 24.6. The number of hydrogen-bond acceptors (Lipinski definition) is 6. The maximum Gasteiger partial charge on any atom is 0.337 e. The molecule has 1 atom stereocenters. The van der Waals surface area contributed by atoms with Crippen LogP contribution in [0.2, 0.25) is 0 Å². The van der Waals surface area contributed by atoms with Gasteiger partial charge in [0.15, 0.2) is 11.4 Å². The number of halogens is 2. The van der Waals surface area contributed by atoms with Crippen molar-refractivity contribution in [3.8, 4) is 6.07 Å². The number of benzene rings is 1. The molecule has 34 heavy (non-hydrogen) atoms. The minimum Gasteiger partial charge on any atom is -0.478 e. The summed E-state index contributed by atoms with van der Waals surface area (Å²) in [7, 11) is 0. The van der Waals surface area contributed by atoms with Gasteiger partial charge in [0.25, 0.3) is 5.56 Å². The lowest BCUT2D eigenvalue weighted by Crippen LogP contribution is -2.39. The number of nitrogens with zero attached hydrogens (tertiary/aromatic N) is 3. The largest absolute Gasteiger partial charge is 0.478 e. The van der Waals surface area contributed by atoms with Crippen LogP contribution < -0.4 is 16.2 Å². The van der Waals surface area contributed by atoms with Crippen LogP contribution in [0.1, 0.15) is 52.9 Å². The van der Waals surface area contributed by atoms with Gasteiger partial charge in [-0.15, -0.1) is 0 Å². The zero-order valence-electron chi connectivity index (χ0n) is 18.6. The first-order valence-electron chi connectivity index (χ1n) is 10.8. The van der Waals surface area contributed by atoms with E-state index in [9.17, 15) is 28.7 Å². The highest BCUT2D eigenvalue weighted by Gasteiger charge is 2.45. The number of rotatable bonds is 7. The molecule has 10 heteroatoms. The van der Waals surface area contributed by atoms with E-state index in [1.54, 1.807) is 38.2 Å². The van der Waals surface area contributed by atoms with E-state index in [2.05, 4.69) is 15.6 Å². The number of carboxylic acid groups (broad SMARTS) is 1. The van der Waals surface area contributed by atoms with Crippen LogP contribution >= 0.6 is 0 Å². The van der Waals surface area contributed by atoms with Crippen LogP contribution in [0.25, 0.3) is 5.65 Å². The van der Waals surface area contributed by atoms with Crippen LogP contribution in [-0.2, 0) is 0 Å². The number of carbonyl (C=O) groups is 1. The van der Waals surface area contributed by atoms with Crippen LogP contribution in [0.3, 0.4) is 0 Å². The average molecular weight is 467 g/mol. The van der Waals surface area contributed by atoms with Crippen molar-refractivity contribution in [2.24, 2.45) is 5.92 Å². The Morgan fingerprint density at radius 2 is 2.09 bits per heavy atom. The molecule has 0 unspecified atom stereocenters. The Balaban J connectivity index is 1.74. The monoisotopic (exact) mass is 467 g/mol. The molecule has 1 saturated carbocycles. The van der Waals surface area contributed by atoms with Gasteiger partial charge in [0.2, 0.25) is 5.92 Å². The predicted molar refractivity (Wildman–Crippen MR) is 123 cm³/mol. The number of nitrogens with one attached hydrogen (secondary N) is 2. The summed E-state index contributed by atoms with van der Waals surface area (Å²) in [6, 6.07) is 9.72. The van der Waals surface area contributed by atoms with E-state index in [1.807, 2.05) is 12.1 Å². The van der Waals surface area contributed by atoms with Gasteiger partial charge in [0.05, 0.1) is 11.6 Å². The Kier molecular flexibility index (Phi) is 5.96. The quantitative estimate of drug-likeness (QED) is 0.476. The van der Waals surface area contributed by atoms with Gasteiger partial charge in [0.1, 0.15) is 11.7 Å². The van der Waals surface area contributed by atoms with E-state index >= 15 is 0 Å². The Labute approximate surface area is 193 Å². The van der Waals surface area contributed by atoms with Crippen molar-refractivity contribution in [2.75, 3.05) is 17.2 Å². The minimum absolute atomic E-state index is 0.0472. The Bertz CT molecular complexity index is 1370. The molecule has 1 aliphatic carbocycles. The van der Waals surface area contributed by atoms with Crippen LogP contribution in [0, 0.1) is 24.2 Å². The highest BCUT2D eigenvalue weighted by Crippen LogP contribution is 2.42. The number of para-hydroxylation sites is 1. The second kappa shape index (κ2) is 8.74. The summed E-state index contributed by atoms with van der Waals surface area (Å²) in [5.74, 6) is -3.97. The molecule has 0 aliphatic heterocycles. The molecular weight excluding hydrogens is 444 g/mol. The Hall–Kier alpha value is -4.00. The van der Waals surface area contributed by atoms with Gasteiger partial charge in [-0.3, -0.25) is 9.20 Å². The number of alkyl halides is 2. The number of aromatic carboxylic acids is 1. The van der Waals surface area contributed by atoms with Crippen molar-refractivity contribution >= 4 is 23.1 Å². The van der Waals surface area contributed by atoms with Gasteiger partial charge in [0, 0.05) is 36.8 Å². The first kappa shape index (κ1) is 23.2. The van der Waals surface area contributed by atoms with Gasteiger partial charge in [-0.25, -0.2) is 18.6 Å². The molecule has 8 nitrogen and oxygen atoms in total. The third kappa shape index (κ3) is 4.41. The van der Waals surface area contributed by atoms with Crippen molar-refractivity contribution in [1.82, 2.24) is 9.38 Å². The van der Waals surface area contributed by atoms with Crippen LogP contribution in [0.15, 0.2) is 41.3 Å². The molecule has 176 valence electrons. The van der Waals surface area contributed by atoms with Crippen molar-refractivity contribution < 1.29 is 18.7 Å². The van der Waals surface area contributed by atoms with E-state index in [-0.39, 0.29) is 47.9 Å². The topological polar surface area (TPSA) is 120 Å². The van der Waals surface area contributed by atoms with Crippen molar-refractivity contribution in [3.63, 3.8) is 0 Å². The average Bonchev–Trinajstić information content (AvgIpc) is 2.76. The lowest BCUT2D eigenvalue weighted by molar-refractivity contribution is -0.106. The maximum absolute atomic E-state index is 13.2. The van der Waals surface area contributed by atoms with Crippen LogP contribution in [-0.4, -0.2) is 32.9 Å². The Morgan fingerprint density at radius 3 is 2.74 bits per heavy atom. The third-order valence-electron chi connectivity index (χ3n) is 5.93. The number of hydrogen-bond donors (Lipinski definition) is 3. The summed E-state index contributed by atoms with van der Waals surface area (Å²) in [6.45, 7) is 3.78. The summed E-state index contributed by atoms with van der Waals surface area (Å²) in [5, 5.41) is 25.1. The van der Waals surface area contributed by atoms with E-state index < -0.39 is 23.5 Å². The summed E-state index contributed by atoms with van der Waals surface area (Å²) >= 11 is 0. The fourth-order valence-electron chi connectivity index (χ4n) is 4.23. The van der Waals surface area contributed by atoms with Gasteiger partial charge in [-0.05, 0) is 43.5 Å². The smallest absolute Gasteiger partial charge is 0.337 e. The molecule has 1 aliphatic rings. The number of aryl methyl sites for hydroxylation is 1. The lowest BCUT2D eigenvalue weighted by Gasteiger charge is -2.35. The molecule has 0 radical (unpaired) electrons.